The van der Waals surface area contributed by atoms with Crippen molar-refractivity contribution < 1.29 is 35.2 Å². The number of nitrogens with zero attached hydrogens (tertiary/aromatic N) is 4. The monoisotopic (exact) mass is 960 g/mol. The molecule has 0 saturated heterocycles. The molecule has 4 heterocycles. The Morgan fingerprint density at radius 1 is 0.348 bits per heavy atom. The maximum absolute atomic E-state index is 16.5. The molecule has 0 radical (unpaired) electrons. The number of halogens is 6. The SMILES string of the molecule is Cc1scc(-c2ccc(-c3nnc(-c4ccc(-c5ccccc5)cc4)o3)cc2)c1C1=C(c2c(-c3ccc(-c4nnc(-c5ccc(-c6ccccc6)cc5)o4)cc3)csc2C)C(F)(F)C(F)(F)C1(F)F. The van der Waals surface area contributed by atoms with Gasteiger partial charge >= 0.3 is 17.8 Å². The van der Waals surface area contributed by atoms with Crippen molar-refractivity contribution in [1.82, 2.24) is 20.4 Å². The van der Waals surface area contributed by atoms with Crippen LogP contribution in [-0.4, -0.2) is 38.2 Å². The molecule has 0 amide bonds. The topological polar surface area (TPSA) is 77.8 Å². The van der Waals surface area contributed by atoms with E-state index in [9.17, 15) is 0 Å². The molecule has 6 aromatic carbocycles. The van der Waals surface area contributed by atoms with Gasteiger partial charge in [0.15, 0.2) is 0 Å². The van der Waals surface area contributed by atoms with Crippen LogP contribution in [0.3, 0.4) is 0 Å². The van der Waals surface area contributed by atoms with Crippen LogP contribution >= 0.6 is 22.7 Å². The Labute approximate surface area is 398 Å². The van der Waals surface area contributed by atoms with Gasteiger partial charge in [-0.3, -0.25) is 0 Å². The maximum atomic E-state index is 16.5. The molecule has 0 bridgehead atoms. The molecular formula is C55H34F6N4O2S2. The van der Waals surface area contributed by atoms with Gasteiger partial charge < -0.3 is 8.83 Å². The zero-order valence-corrected chi connectivity index (χ0v) is 38.0. The summed E-state index contributed by atoms with van der Waals surface area (Å²) in [6.07, 6.45) is 0. The first-order valence-electron chi connectivity index (χ1n) is 21.6. The van der Waals surface area contributed by atoms with Crippen LogP contribution in [0.15, 0.2) is 177 Å². The Morgan fingerprint density at radius 3 is 0.913 bits per heavy atom. The zero-order chi connectivity index (χ0) is 47.7. The molecule has 0 saturated carbocycles. The summed E-state index contributed by atoms with van der Waals surface area (Å²) in [5, 5.41) is 19.9. The molecule has 0 unspecified atom stereocenters. The van der Waals surface area contributed by atoms with Gasteiger partial charge in [0, 0.05) is 65.4 Å². The number of allylic oxidation sites excluding steroid dienone is 2. The lowest BCUT2D eigenvalue weighted by molar-refractivity contribution is -0.254. The molecule has 0 N–H and O–H groups in total. The van der Waals surface area contributed by atoms with E-state index in [1.165, 1.54) is 24.6 Å². The average molecular weight is 961 g/mol. The lowest BCUT2D eigenvalue weighted by Gasteiger charge is -2.26. The van der Waals surface area contributed by atoms with Crippen LogP contribution in [0.5, 0.6) is 0 Å². The number of alkyl halides is 6. The molecule has 14 heteroatoms. The molecule has 1 aliphatic rings. The third-order valence-corrected chi connectivity index (χ3v) is 14.2. The Bertz CT molecular complexity index is 3290. The van der Waals surface area contributed by atoms with E-state index in [1.54, 1.807) is 48.5 Å². The van der Waals surface area contributed by atoms with Crippen molar-refractivity contribution in [3.05, 3.63) is 189 Å². The third kappa shape index (κ3) is 7.42. The van der Waals surface area contributed by atoms with Crippen molar-refractivity contribution in [1.29, 1.82) is 0 Å². The molecule has 0 aliphatic heterocycles. The van der Waals surface area contributed by atoms with Crippen LogP contribution in [0.25, 0.3) is 101 Å². The normalized spacial score (nSPS) is 15.0. The van der Waals surface area contributed by atoms with Crippen molar-refractivity contribution in [3.63, 3.8) is 0 Å². The van der Waals surface area contributed by atoms with Crippen LogP contribution in [0.2, 0.25) is 0 Å². The van der Waals surface area contributed by atoms with Gasteiger partial charge in [0.2, 0.25) is 23.6 Å². The van der Waals surface area contributed by atoms with Crippen molar-refractivity contribution in [3.8, 4) is 90.3 Å². The fourth-order valence-corrected chi connectivity index (χ4v) is 10.5. The minimum atomic E-state index is -5.76. The van der Waals surface area contributed by atoms with Gasteiger partial charge in [0.05, 0.1) is 0 Å². The molecule has 11 rings (SSSR count). The van der Waals surface area contributed by atoms with Crippen molar-refractivity contribution in [2.75, 3.05) is 0 Å². The van der Waals surface area contributed by atoms with Gasteiger partial charge in [0.1, 0.15) is 0 Å². The number of hydrogen-bond donors (Lipinski definition) is 0. The number of aryl methyl sites for hydroxylation is 2. The molecule has 0 fully saturated rings. The van der Waals surface area contributed by atoms with E-state index in [2.05, 4.69) is 20.4 Å². The molecule has 1 aliphatic carbocycles. The standard InChI is InChI=1S/C55H34F6N4O2S2/c1-31-45(43(29-68-31)37-17-25-41(26-18-37)51-64-62-49(66-51)39-21-13-35(14-22-39)33-9-5-3-6-10-33)47-48(54(58,59)55(60,61)53(47,56)57)46-32(2)69-30-44(46)38-19-27-42(28-20-38)52-65-63-50(67-52)40-23-15-36(16-24-40)34-11-7-4-8-12-34/h3-30H,1-2H3. The third-order valence-electron chi connectivity index (χ3n) is 12.3. The number of rotatable bonds is 10. The van der Waals surface area contributed by atoms with Crippen LogP contribution in [0.1, 0.15) is 20.9 Å². The largest absolute Gasteiger partial charge is 0.416 e. The fraction of sp³-hybridized carbons (Fsp3) is 0.0909. The summed E-state index contributed by atoms with van der Waals surface area (Å²) < 4.78 is 110. The molecule has 10 aromatic rings. The second kappa shape index (κ2) is 16.8. The highest BCUT2D eigenvalue weighted by Gasteiger charge is 2.80. The summed E-state index contributed by atoms with van der Waals surface area (Å²) in [5.74, 6) is -15.4. The van der Waals surface area contributed by atoms with E-state index in [-0.39, 0.29) is 55.6 Å². The maximum Gasteiger partial charge on any atom is 0.380 e. The number of benzene rings is 6. The van der Waals surface area contributed by atoms with Crippen LogP contribution in [-0.2, 0) is 0 Å². The van der Waals surface area contributed by atoms with E-state index >= 15 is 26.3 Å². The average Bonchev–Trinajstić information content (AvgIpc) is 4.23. The Balaban J connectivity index is 0.912. The highest BCUT2D eigenvalue weighted by atomic mass is 32.1. The smallest absolute Gasteiger partial charge is 0.380 e. The van der Waals surface area contributed by atoms with Gasteiger partial charge in [-0.15, -0.1) is 43.1 Å². The van der Waals surface area contributed by atoms with E-state index in [1.807, 2.05) is 109 Å². The Kier molecular flexibility index (Phi) is 10.7. The predicted molar refractivity (Wildman–Crippen MR) is 259 cm³/mol. The summed E-state index contributed by atoms with van der Waals surface area (Å²) in [5.41, 5.74) is 3.79. The molecular weight excluding hydrogens is 927 g/mol. The van der Waals surface area contributed by atoms with Crippen LogP contribution < -0.4 is 0 Å². The van der Waals surface area contributed by atoms with Gasteiger partial charge in [-0.05, 0) is 107 Å². The molecule has 69 heavy (non-hydrogen) atoms. The number of thiophene rings is 2. The van der Waals surface area contributed by atoms with Gasteiger partial charge in [-0.1, -0.05) is 109 Å². The first-order chi connectivity index (χ1) is 33.3. The van der Waals surface area contributed by atoms with Gasteiger partial charge in [0.25, 0.3) is 0 Å². The van der Waals surface area contributed by atoms with E-state index in [0.717, 1.165) is 44.9 Å². The molecule has 4 aromatic heterocycles. The summed E-state index contributed by atoms with van der Waals surface area (Å²) in [6, 6.07) is 47.8. The summed E-state index contributed by atoms with van der Waals surface area (Å²) in [6.45, 7) is 2.92. The summed E-state index contributed by atoms with van der Waals surface area (Å²) in [7, 11) is 0. The van der Waals surface area contributed by atoms with Crippen molar-refractivity contribution in [2.45, 2.75) is 31.6 Å². The van der Waals surface area contributed by atoms with Gasteiger partial charge in [-0.25, -0.2) is 0 Å². The van der Waals surface area contributed by atoms with Gasteiger partial charge in [-0.2, -0.15) is 26.3 Å². The van der Waals surface area contributed by atoms with Crippen molar-refractivity contribution in [2.24, 2.45) is 0 Å². The Morgan fingerprint density at radius 2 is 0.609 bits per heavy atom. The van der Waals surface area contributed by atoms with E-state index < -0.39 is 28.9 Å². The number of aromatic nitrogens is 4. The summed E-state index contributed by atoms with van der Waals surface area (Å²) in [4.78, 5) is 0.332. The second-order valence-electron chi connectivity index (χ2n) is 16.5. The lowest BCUT2D eigenvalue weighted by Crippen LogP contribution is -2.49. The van der Waals surface area contributed by atoms with Crippen LogP contribution in [0, 0.1) is 13.8 Å². The minimum Gasteiger partial charge on any atom is -0.416 e. The molecule has 0 spiro atoms. The fourth-order valence-electron chi connectivity index (χ4n) is 8.71. The molecule has 340 valence electrons. The second-order valence-corrected chi connectivity index (χ2v) is 18.7. The Hall–Kier alpha value is -7.68. The van der Waals surface area contributed by atoms with Crippen molar-refractivity contribution >= 4 is 33.8 Å². The zero-order valence-electron chi connectivity index (χ0n) is 36.4. The molecule has 6 nitrogen and oxygen atoms in total. The minimum absolute atomic E-state index is 0.0966. The first-order valence-corrected chi connectivity index (χ1v) is 23.3. The van der Waals surface area contributed by atoms with Crippen LogP contribution in [0.4, 0.5) is 26.3 Å². The first kappa shape index (κ1) is 43.9. The van der Waals surface area contributed by atoms with E-state index in [0.29, 0.717) is 33.4 Å². The number of hydrogen-bond acceptors (Lipinski definition) is 8. The highest BCUT2D eigenvalue weighted by Crippen LogP contribution is 2.67. The highest BCUT2D eigenvalue weighted by molar-refractivity contribution is 7.11. The predicted octanol–water partition coefficient (Wildman–Crippen LogP) is 16.4. The molecule has 0 atom stereocenters. The van der Waals surface area contributed by atoms with E-state index in [4.69, 9.17) is 8.83 Å². The summed E-state index contributed by atoms with van der Waals surface area (Å²) >= 11 is 2.01. The quantitative estimate of drug-likeness (QED) is 0.127. The lowest BCUT2D eigenvalue weighted by atomic mass is 9.88.